The quantitative estimate of drug-likeness (QED) is 0.753. The van der Waals surface area contributed by atoms with Crippen LogP contribution in [0.3, 0.4) is 0 Å². The standard InChI is InChI=1S/C11H21NO2S/c13-9-11(2-4-14-5-3-11)12-7-10-1-6-15-8-10/h10,12-13H,1-9H2. The van der Waals surface area contributed by atoms with Gasteiger partial charge in [-0.3, -0.25) is 0 Å². The van der Waals surface area contributed by atoms with Gasteiger partial charge in [0.2, 0.25) is 0 Å². The molecule has 2 heterocycles. The summed E-state index contributed by atoms with van der Waals surface area (Å²) in [5.74, 6) is 3.40. The van der Waals surface area contributed by atoms with Gasteiger partial charge in [0.15, 0.2) is 0 Å². The maximum atomic E-state index is 9.49. The lowest BCUT2D eigenvalue weighted by molar-refractivity contribution is 0.0107. The minimum atomic E-state index is -0.0501. The molecule has 0 aromatic carbocycles. The van der Waals surface area contributed by atoms with Gasteiger partial charge in [-0.15, -0.1) is 0 Å². The van der Waals surface area contributed by atoms with Crippen LogP contribution in [0.4, 0.5) is 0 Å². The number of hydrogen-bond donors (Lipinski definition) is 2. The highest BCUT2D eigenvalue weighted by atomic mass is 32.2. The van der Waals surface area contributed by atoms with Gasteiger partial charge in [-0.25, -0.2) is 0 Å². The zero-order chi connectivity index (χ0) is 10.6. The molecule has 0 amide bonds. The number of hydrogen-bond acceptors (Lipinski definition) is 4. The van der Waals surface area contributed by atoms with Crippen LogP contribution in [0, 0.1) is 5.92 Å². The number of thioether (sulfide) groups is 1. The highest BCUT2D eigenvalue weighted by molar-refractivity contribution is 7.99. The van der Waals surface area contributed by atoms with Crippen molar-refractivity contribution in [1.29, 1.82) is 0 Å². The van der Waals surface area contributed by atoms with Gasteiger partial charge in [0.05, 0.1) is 6.61 Å². The molecule has 1 atom stereocenters. The Hall–Kier alpha value is 0.230. The molecule has 2 aliphatic rings. The molecule has 2 aliphatic heterocycles. The normalized spacial score (nSPS) is 30.6. The van der Waals surface area contributed by atoms with Crippen molar-refractivity contribution >= 4 is 11.8 Å². The third-order valence-electron chi connectivity index (χ3n) is 3.54. The number of ether oxygens (including phenoxy) is 1. The number of nitrogens with one attached hydrogen (secondary N) is 1. The summed E-state index contributed by atoms with van der Waals surface area (Å²) >= 11 is 2.05. The van der Waals surface area contributed by atoms with Crippen molar-refractivity contribution in [1.82, 2.24) is 5.32 Å². The second kappa shape index (κ2) is 5.53. The molecule has 0 bridgehead atoms. The zero-order valence-electron chi connectivity index (χ0n) is 9.21. The largest absolute Gasteiger partial charge is 0.394 e. The Balaban J connectivity index is 1.78. The fourth-order valence-corrected chi connectivity index (χ4v) is 3.54. The van der Waals surface area contributed by atoms with Gasteiger partial charge in [0, 0.05) is 18.8 Å². The molecule has 1 unspecified atom stereocenters. The lowest BCUT2D eigenvalue weighted by Gasteiger charge is -2.37. The first-order valence-electron chi connectivity index (χ1n) is 5.86. The van der Waals surface area contributed by atoms with Crippen molar-refractivity contribution in [3.63, 3.8) is 0 Å². The smallest absolute Gasteiger partial charge is 0.0615 e. The summed E-state index contributed by atoms with van der Waals surface area (Å²) in [5, 5.41) is 13.1. The maximum Gasteiger partial charge on any atom is 0.0615 e. The summed E-state index contributed by atoms with van der Waals surface area (Å²) in [6.45, 7) is 2.88. The Morgan fingerprint density at radius 1 is 1.40 bits per heavy atom. The Labute approximate surface area is 96.0 Å². The molecule has 0 radical (unpaired) electrons. The SMILES string of the molecule is OCC1(NCC2CCSC2)CCOCC1. The Morgan fingerprint density at radius 2 is 2.20 bits per heavy atom. The van der Waals surface area contributed by atoms with E-state index in [2.05, 4.69) is 5.32 Å². The van der Waals surface area contributed by atoms with Crippen LogP contribution in [-0.2, 0) is 4.74 Å². The van der Waals surface area contributed by atoms with Crippen LogP contribution in [0.1, 0.15) is 19.3 Å². The molecular formula is C11H21NO2S. The first kappa shape index (κ1) is 11.7. The van der Waals surface area contributed by atoms with E-state index in [4.69, 9.17) is 4.74 Å². The van der Waals surface area contributed by atoms with Crippen LogP contribution < -0.4 is 5.32 Å². The molecule has 0 spiro atoms. The number of rotatable bonds is 4. The van der Waals surface area contributed by atoms with Gasteiger partial charge >= 0.3 is 0 Å². The zero-order valence-corrected chi connectivity index (χ0v) is 10.0. The van der Waals surface area contributed by atoms with Crippen LogP contribution in [0.2, 0.25) is 0 Å². The summed E-state index contributed by atoms with van der Waals surface area (Å²) < 4.78 is 5.34. The first-order chi connectivity index (χ1) is 7.35. The Bertz CT molecular complexity index is 189. The van der Waals surface area contributed by atoms with E-state index in [1.807, 2.05) is 11.8 Å². The minimum absolute atomic E-state index is 0.0501. The molecule has 2 N–H and O–H groups in total. The third kappa shape index (κ3) is 3.09. The number of aliphatic hydroxyl groups is 1. The highest BCUT2D eigenvalue weighted by Gasteiger charge is 2.32. The summed E-state index contributed by atoms with van der Waals surface area (Å²) in [7, 11) is 0. The van der Waals surface area contributed by atoms with Crippen LogP contribution in [-0.4, -0.2) is 48.5 Å². The summed E-state index contributed by atoms with van der Waals surface area (Å²) in [6.07, 6.45) is 3.22. The predicted octanol–water partition coefficient (Wildman–Crippen LogP) is 0.871. The van der Waals surface area contributed by atoms with Crippen LogP contribution in [0.15, 0.2) is 0 Å². The molecule has 4 heteroatoms. The fraction of sp³-hybridized carbons (Fsp3) is 1.00. The molecule has 2 rings (SSSR count). The molecule has 3 nitrogen and oxygen atoms in total. The average Bonchev–Trinajstić information content (AvgIpc) is 2.81. The van der Waals surface area contributed by atoms with Crippen molar-refractivity contribution in [3.8, 4) is 0 Å². The summed E-state index contributed by atoms with van der Waals surface area (Å²) in [6, 6.07) is 0. The maximum absolute atomic E-state index is 9.49. The van der Waals surface area contributed by atoms with Crippen molar-refractivity contribution in [3.05, 3.63) is 0 Å². The molecule has 2 saturated heterocycles. The van der Waals surface area contributed by atoms with Gasteiger partial charge < -0.3 is 15.2 Å². The second-order valence-electron chi connectivity index (χ2n) is 4.66. The molecule has 15 heavy (non-hydrogen) atoms. The topological polar surface area (TPSA) is 41.5 Å². The van der Waals surface area contributed by atoms with Crippen molar-refractivity contribution in [2.75, 3.05) is 37.9 Å². The van der Waals surface area contributed by atoms with Gasteiger partial charge in [-0.1, -0.05) is 0 Å². The molecule has 2 fully saturated rings. The average molecular weight is 231 g/mol. The Morgan fingerprint density at radius 3 is 2.80 bits per heavy atom. The highest BCUT2D eigenvalue weighted by Crippen LogP contribution is 2.25. The fourth-order valence-electron chi connectivity index (χ4n) is 2.26. The monoisotopic (exact) mass is 231 g/mol. The van der Waals surface area contributed by atoms with Crippen LogP contribution in [0.5, 0.6) is 0 Å². The van der Waals surface area contributed by atoms with E-state index >= 15 is 0 Å². The van der Waals surface area contributed by atoms with E-state index in [9.17, 15) is 5.11 Å². The van der Waals surface area contributed by atoms with Gasteiger partial charge in [-0.2, -0.15) is 11.8 Å². The van der Waals surface area contributed by atoms with E-state index < -0.39 is 0 Å². The summed E-state index contributed by atoms with van der Waals surface area (Å²) in [4.78, 5) is 0. The molecular weight excluding hydrogens is 210 g/mol. The summed E-state index contributed by atoms with van der Waals surface area (Å²) in [5.41, 5.74) is -0.0501. The van der Waals surface area contributed by atoms with Crippen molar-refractivity contribution in [2.45, 2.75) is 24.8 Å². The molecule has 0 aromatic heterocycles. The van der Waals surface area contributed by atoms with Crippen LogP contribution >= 0.6 is 11.8 Å². The minimum Gasteiger partial charge on any atom is -0.394 e. The third-order valence-corrected chi connectivity index (χ3v) is 4.77. The molecule has 0 aromatic rings. The van der Waals surface area contributed by atoms with E-state index in [0.29, 0.717) is 0 Å². The lowest BCUT2D eigenvalue weighted by Crippen LogP contribution is -2.53. The van der Waals surface area contributed by atoms with Crippen molar-refractivity contribution in [2.24, 2.45) is 5.92 Å². The van der Waals surface area contributed by atoms with E-state index in [-0.39, 0.29) is 12.1 Å². The number of aliphatic hydroxyl groups excluding tert-OH is 1. The predicted molar refractivity (Wildman–Crippen MR) is 63.3 cm³/mol. The molecule has 0 aliphatic carbocycles. The van der Waals surface area contributed by atoms with E-state index in [1.165, 1.54) is 17.9 Å². The van der Waals surface area contributed by atoms with E-state index in [1.54, 1.807) is 0 Å². The Kier molecular flexibility index (Phi) is 4.31. The first-order valence-corrected chi connectivity index (χ1v) is 7.01. The van der Waals surface area contributed by atoms with E-state index in [0.717, 1.165) is 38.5 Å². The lowest BCUT2D eigenvalue weighted by atomic mass is 9.90. The molecule has 0 saturated carbocycles. The van der Waals surface area contributed by atoms with Gasteiger partial charge in [-0.05, 0) is 43.2 Å². The second-order valence-corrected chi connectivity index (χ2v) is 5.81. The van der Waals surface area contributed by atoms with Crippen LogP contribution in [0.25, 0.3) is 0 Å². The van der Waals surface area contributed by atoms with Crippen molar-refractivity contribution < 1.29 is 9.84 Å². The van der Waals surface area contributed by atoms with Gasteiger partial charge in [0.1, 0.15) is 0 Å². The molecule has 88 valence electrons. The van der Waals surface area contributed by atoms with Gasteiger partial charge in [0.25, 0.3) is 0 Å².